The molecule has 8 heavy (non-hydrogen) atoms. The van der Waals surface area contributed by atoms with Crippen molar-refractivity contribution in [3.63, 3.8) is 0 Å². The van der Waals surface area contributed by atoms with Crippen LogP contribution in [0.4, 0.5) is 0 Å². The highest BCUT2D eigenvalue weighted by molar-refractivity contribution is 7.99. The van der Waals surface area contributed by atoms with Crippen LogP contribution in [0.2, 0.25) is 0 Å². The lowest BCUT2D eigenvalue weighted by Crippen LogP contribution is -2.08. The molecule has 1 aliphatic heterocycles. The molecule has 1 atom stereocenters. The summed E-state index contributed by atoms with van der Waals surface area (Å²) in [6.07, 6.45) is 4.35. The molecule has 1 saturated heterocycles. The summed E-state index contributed by atoms with van der Waals surface area (Å²) >= 11 is 2.13. The second-order valence-corrected chi connectivity index (χ2v) is 3.64. The lowest BCUT2D eigenvalue weighted by Gasteiger charge is -2.18. The molecule has 0 amide bonds. The zero-order valence-corrected chi connectivity index (χ0v) is 6.34. The van der Waals surface area contributed by atoms with E-state index in [2.05, 4.69) is 18.7 Å². The highest BCUT2D eigenvalue weighted by Crippen LogP contribution is 2.24. The summed E-state index contributed by atoms with van der Waals surface area (Å²) in [6, 6.07) is 0. The predicted molar refractivity (Wildman–Crippen MR) is 40.3 cm³/mol. The largest absolute Gasteiger partial charge is 0.162 e. The van der Waals surface area contributed by atoms with Gasteiger partial charge >= 0.3 is 0 Å². The molecule has 1 unspecified atom stereocenters. The van der Waals surface area contributed by atoms with Crippen LogP contribution in [-0.4, -0.2) is 11.5 Å². The zero-order chi connectivity index (χ0) is 5.82. The van der Waals surface area contributed by atoms with E-state index >= 15 is 0 Å². The molecule has 0 aromatic carbocycles. The van der Waals surface area contributed by atoms with Crippen LogP contribution in [0.25, 0.3) is 0 Å². The summed E-state index contributed by atoms with van der Waals surface area (Å²) in [5.74, 6) is 3.89. The van der Waals surface area contributed by atoms with Crippen LogP contribution in [-0.2, 0) is 0 Å². The molecule has 1 fully saturated rings. The highest BCUT2D eigenvalue weighted by atomic mass is 32.2. The molecule has 0 spiro atoms. The van der Waals surface area contributed by atoms with E-state index in [1.807, 2.05) is 0 Å². The first-order valence-corrected chi connectivity index (χ1v) is 4.66. The fourth-order valence-corrected chi connectivity index (χ4v) is 2.40. The van der Waals surface area contributed by atoms with Gasteiger partial charge in [0.1, 0.15) is 0 Å². The van der Waals surface area contributed by atoms with E-state index in [1.165, 1.54) is 30.8 Å². The zero-order valence-electron chi connectivity index (χ0n) is 5.52. The average Bonchev–Trinajstić information content (AvgIpc) is 1.90. The number of thioether (sulfide) groups is 1. The monoisotopic (exact) mass is 130 g/mol. The Labute approximate surface area is 56.0 Å². The van der Waals surface area contributed by atoms with Crippen LogP contribution in [0.15, 0.2) is 0 Å². The Hall–Kier alpha value is 0.350. The summed E-state index contributed by atoms with van der Waals surface area (Å²) in [5.41, 5.74) is 0. The average molecular weight is 130 g/mol. The van der Waals surface area contributed by atoms with Gasteiger partial charge in [0.25, 0.3) is 0 Å². The van der Waals surface area contributed by atoms with Crippen LogP contribution < -0.4 is 0 Å². The Morgan fingerprint density at radius 3 is 2.88 bits per heavy atom. The molecule has 0 aliphatic carbocycles. The molecule has 1 aliphatic rings. The smallest absolute Gasteiger partial charge is 0.00392 e. The van der Waals surface area contributed by atoms with Crippen molar-refractivity contribution in [2.45, 2.75) is 26.2 Å². The number of hydrogen-bond donors (Lipinski definition) is 0. The minimum absolute atomic E-state index is 1.05. The van der Waals surface area contributed by atoms with E-state index in [0.29, 0.717) is 0 Å². The second kappa shape index (κ2) is 3.39. The molecule has 0 aromatic rings. The Bertz CT molecular complexity index is 55.4. The van der Waals surface area contributed by atoms with Crippen LogP contribution >= 0.6 is 11.8 Å². The van der Waals surface area contributed by atoms with Crippen molar-refractivity contribution in [1.29, 1.82) is 0 Å². The van der Waals surface area contributed by atoms with Gasteiger partial charge in [0.2, 0.25) is 0 Å². The van der Waals surface area contributed by atoms with Crippen LogP contribution in [0.1, 0.15) is 26.2 Å². The molecule has 0 bridgehead atoms. The van der Waals surface area contributed by atoms with Gasteiger partial charge in [-0.3, -0.25) is 0 Å². The molecule has 1 heteroatoms. The molecule has 48 valence electrons. The topological polar surface area (TPSA) is 0 Å². The van der Waals surface area contributed by atoms with Crippen molar-refractivity contribution in [2.75, 3.05) is 11.5 Å². The molecule has 0 N–H and O–H groups in total. The lowest BCUT2D eigenvalue weighted by molar-refractivity contribution is 0.508. The standard InChI is InChI=1S/C7H14S/c1-2-7-4-3-5-8-6-7/h7H,2-6H2,1H3. The van der Waals surface area contributed by atoms with E-state index < -0.39 is 0 Å². The Morgan fingerprint density at radius 2 is 2.50 bits per heavy atom. The fraction of sp³-hybridized carbons (Fsp3) is 1.00. The first-order valence-electron chi connectivity index (χ1n) is 3.51. The molecule has 0 aromatic heterocycles. The van der Waals surface area contributed by atoms with E-state index in [4.69, 9.17) is 0 Å². The SMILES string of the molecule is CCC1CCCSC1. The second-order valence-electron chi connectivity index (χ2n) is 2.49. The lowest BCUT2D eigenvalue weighted by atomic mass is 10.0. The van der Waals surface area contributed by atoms with Gasteiger partial charge in [0.15, 0.2) is 0 Å². The van der Waals surface area contributed by atoms with Crippen molar-refractivity contribution in [2.24, 2.45) is 5.92 Å². The first kappa shape index (κ1) is 6.47. The van der Waals surface area contributed by atoms with Gasteiger partial charge in [-0.25, -0.2) is 0 Å². The molecule has 0 saturated carbocycles. The van der Waals surface area contributed by atoms with Gasteiger partial charge in [-0.15, -0.1) is 0 Å². The molecule has 0 nitrogen and oxygen atoms in total. The Morgan fingerprint density at radius 1 is 1.62 bits per heavy atom. The van der Waals surface area contributed by atoms with Crippen molar-refractivity contribution >= 4 is 11.8 Å². The van der Waals surface area contributed by atoms with Crippen molar-refractivity contribution in [3.8, 4) is 0 Å². The normalized spacial score (nSPS) is 30.4. The molecular formula is C7H14S. The van der Waals surface area contributed by atoms with Crippen LogP contribution in [0.3, 0.4) is 0 Å². The highest BCUT2D eigenvalue weighted by Gasteiger charge is 2.09. The quantitative estimate of drug-likeness (QED) is 0.525. The van der Waals surface area contributed by atoms with E-state index in [0.717, 1.165) is 5.92 Å². The van der Waals surface area contributed by atoms with Crippen molar-refractivity contribution < 1.29 is 0 Å². The predicted octanol–water partition coefficient (Wildman–Crippen LogP) is 2.54. The van der Waals surface area contributed by atoms with Gasteiger partial charge in [-0.05, 0) is 30.3 Å². The van der Waals surface area contributed by atoms with Gasteiger partial charge in [0.05, 0.1) is 0 Å². The van der Waals surface area contributed by atoms with Gasteiger partial charge < -0.3 is 0 Å². The molecule has 1 rings (SSSR count). The number of rotatable bonds is 1. The molecular weight excluding hydrogens is 116 g/mol. The van der Waals surface area contributed by atoms with E-state index in [1.54, 1.807) is 0 Å². The summed E-state index contributed by atoms with van der Waals surface area (Å²) in [6.45, 7) is 2.30. The van der Waals surface area contributed by atoms with Crippen LogP contribution in [0, 0.1) is 5.92 Å². The minimum Gasteiger partial charge on any atom is -0.162 e. The maximum absolute atomic E-state index is 2.30. The van der Waals surface area contributed by atoms with Crippen LogP contribution in [0.5, 0.6) is 0 Å². The third-order valence-corrected chi connectivity index (χ3v) is 3.12. The summed E-state index contributed by atoms with van der Waals surface area (Å²) in [7, 11) is 0. The van der Waals surface area contributed by atoms with Gasteiger partial charge in [-0.1, -0.05) is 13.3 Å². The van der Waals surface area contributed by atoms with E-state index in [9.17, 15) is 0 Å². The fourth-order valence-electron chi connectivity index (χ4n) is 1.13. The Balaban J connectivity index is 2.13. The minimum atomic E-state index is 1.05. The summed E-state index contributed by atoms with van der Waals surface area (Å²) in [4.78, 5) is 0. The van der Waals surface area contributed by atoms with Gasteiger partial charge in [0, 0.05) is 0 Å². The molecule has 0 radical (unpaired) electrons. The van der Waals surface area contributed by atoms with Crippen molar-refractivity contribution in [1.82, 2.24) is 0 Å². The molecule has 1 heterocycles. The van der Waals surface area contributed by atoms with Crippen molar-refractivity contribution in [3.05, 3.63) is 0 Å². The summed E-state index contributed by atoms with van der Waals surface area (Å²) < 4.78 is 0. The van der Waals surface area contributed by atoms with E-state index in [-0.39, 0.29) is 0 Å². The maximum Gasteiger partial charge on any atom is -0.00392 e. The number of hydrogen-bond acceptors (Lipinski definition) is 1. The van der Waals surface area contributed by atoms with Gasteiger partial charge in [-0.2, -0.15) is 11.8 Å². The summed E-state index contributed by atoms with van der Waals surface area (Å²) in [5, 5.41) is 0. The maximum atomic E-state index is 2.30. The third kappa shape index (κ3) is 1.70. The third-order valence-electron chi connectivity index (χ3n) is 1.83. The first-order chi connectivity index (χ1) is 3.93. The Kier molecular flexibility index (Phi) is 2.74.